The van der Waals surface area contributed by atoms with Gasteiger partial charge < -0.3 is 20.9 Å². The Kier molecular flexibility index (Phi) is 7.76. The molecule has 174 valence electrons. The molecule has 0 bridgehead atoms. The lowest BCUT2D eigenvalue weighted by atomic mass is 10.0. The number of nitrogens with one attached hydrogen (secondary N) is 1. The van der Waals surface area contributed by atoms with Gasteiger partial charge >= 0.3 is 11.9 Å². The van der Waals surface area contributed by atoms with Crippen molar-refractivity contribution in [3.8, 4) is 0 Å². The van der Waals surface area contributed by atoms with E-state index in [2.05, 4.69) is 5.32 Å². The second-order valence-corrected chi connectivity index (χ2v) is 8.23. The van der Waals surface area contributed by atoms with E-state index in [1.807, 2.05) is 36.4 Å². The number of ether oxygens (including phenoxy) is 1. The van der Waals surface area contributed by atoms with Crippen molar-refractivity contribution in [1.82, 2.24) is 5.32 Å². The SMILES string of the molecule is NC(=O)[C@@H]1CC[C@@H](C(=O)NC(CC(=O)COC(=O)Cc2cccc3ccccc23)C(=O)O)C1. The first kappa shape index (κ1) is 23.9. The fourth-order valence-corrected chi connectivity index (χ4v) is 4.07. The summed E-state index contributed by atoms with van der Waals surface area (Å²) in [5, 5.41) is 13.6. The number of amides is 2. The molecule has 1 fully saturated rings. The molecule has 2 aromatic rings. The maximum atomic E-state index is 12.4. The molecule has 33 heavy (non-hydrogen) atoms. The number of fused-ring (bicyclic) bond motifs is 1. The number of nitrogens with two attached hydrogens (primary N) is 1. The number of aliphatic carboxylic acids is 1. The van der Waals surface area contributed by atoms with Crippen LogP contribution >= 0.6 is 0 Å². The molecular formula is C24H26N2O7. The van der Waals surface area contributed by atoms with Gasteiger partial charge in [0, 0.05) is 18.3 Å². The Labute approximate surface area is 190 Å². The molecule has 0 spiro atoms. The molecule has 1 saturated carbocycles. The van der Waals surface area contributed by atoms with Crippen molar-refractivity contribution in [2.45, 2.75) is 38.1 Å². The van der Waals surface area contributed by atoms with Crippen molar-refractivity contribution in [3.63, 3.8) is 0 Å². The third-order valence-corrected chi connectivity index (χ3v) is 5.86. The van der Waals surface area contributed by atoms with Gasteiger partial charge in [-0.15, -0.1) is 0 Å². The standard InChI is InChI=1S/C24H26N2O7/c25-22(29)16-8-9-17(10-16)23(30)26-20(24(31)32)12-18(27)13-33-21(28)11-15-6-3-5-14-4-1-2-7-19(14)15/h1-7,16-17,20H,8-13H2,(H2,25,29)(H,26,30)(H,31,32)/t16-,17-,20?/m1/s1. The first-order chi connectivity index (χ1) is 15.7. The Balaban J connectivity index is 1.49. The third kappa shape index (κ3) is 6.38. The maximum absolute atomic E-state index is 12.4. The van der Waals surface area contributed by atoms with Gasteiger partial charge in [-0.3, -0.25) is 19.2 Å². The van der Waals surface area contributed by atoms with Crippen LogP contribution < -0.4 is 11.1 Å². The first-order valence-corrected chi connectivity index (χ1v) is 10.7. The van der Waals surface area contributed by atoms with E-state index in [1.165, 1.54) is 0 Å². The van der Waals surface area contributed by atoms with Crippen LogP contribution in [0.5, 0.6) is 0 Å². The van der Waals surface area contributed by atoms with Crippen molar-refractivity contribution in [3.05, 3.63) is 48.0 Å². The second-order valence-electron chi connectivity index (χ2n) is 8.23. The molecule has 4 N–H and O–H groups in total. The summed E-state index contributed by atoms with van der Waals surface area (Å²) in [4.78, 5) is 59.6. The fourth-order valence-electron chi connectivity index (χ4n) is 4.07. The summed E-state index contributed by atoms with van der Waals surface area (Å²) in [6.45, 7) is -0.587. The largest absolute Gasteiger partial charge is 0.480 e. The Morgan fingerprint density at radius 3 is 2.42 bits per heavy atom. The Morgan fingerprint density at radius 2 is 1.73 bits per heavy atom. The molecular weight excluding hydrogens is 428 g/mol. The average molecular weight is 454 g/mol. The molecule has 3 atom stereocenters. The summed E-state index contributed by atoms with van der Waals surface area (Å²) in [6.07, 6.45) is 0.598. The molecule has 9 heteroatoms. The molecule has 0 aromatic heterocycles. The molecule has 0 saturated heterocycles. The van der Waals surface area contributed by atoms with Crippen LogP contribution in [0.2, 0.25) is 0 Å². The quantitative estimate of drug-likeness (QED) is 0.458. The van der Waals surface area contributed by atoms with Crippen LogP contribution in [0.15, 0.2) is 42.5 Å². The van der Waals surface area contributed by atoms with Gasteiger partial charge in [0.05, 0.1) is 6.42 Å². The Morgan fingerprint density at radius 1 is 1.03 bits per heavy atom. The molecule has 1 aliphatic rings. The van der Waals surface area contributed by atoms with Crippen LogP contribution in [0, 0.1) is 11.8 Å². The van der Waals surface area contributed by atoms with E-state index in [1.54, 1.807) is 6.07 Å². The van der Waals surface area contributed by atoms with Crippen LogP contribution in [0.1, 0.15) is 31.2 Å². The number of Topliss-reactive ketones (excluding diaryl/α,β-unsaturated/α-hetero) is 1. The Bertz CT molecular complexity index is 1080. The highest BCUT2D eigenvalue weighted by molar-refractivity contribution is 5.92. The van der Waals surface area contributed by atoms with Crippen molar-refractivity contribution in [2.24, 2.45) is 17.6 Å². The van der Waals surface area contributed by atoms with Crippen LogP contribution in [0.3, 0.4) is 0 Å². The summed E-state index contributed by atoms with van der Waals surface area (Å²) >= 11 is 0. The van der Waals surface area contributed by atoms with Crippen LogP contribution in [0.4, 0.5) is 0 Å². The van der Waals surface area contributed by atoms with E-state index in [-0.39, 0.29) is 12.8 Å². The number of esters is 1. The number of ketones is 1. The lowest BCUT2D eigenvalue weighted by Crippen LogP contribution is -2.45. The van der Waals surface area contributed by atoms with Crippen LogP contribution in [0.25, 0.3) is 10.8 Å². The molecule has 2 aromatic carbocycles. The highest BCUT2D eigenvalue weighted by Crippen LogP contribution is 2.30. The molecule has 0 aliphatic heterocycles. The van der Waals surface area contributed by atoms with Gasteiger partial charge in [-0.05, 0) is 35.6 Å². The predicted octanol–water partition coefficient (Wildman–Crippen LogP) is 1.36. The minimum absolute atomic E-state index is 0.0313. The summed E-state index contributed by atoms with van der Waals surface area (Å²) in [6, 6.07) is 11.7. The molecule has 9 nitrogen and oxygen atoms in total. The van der Waals surface area contributed by atoms with Gasteiger partial charge in [-0.1, -0.05) is 42.5 Å². The summed E-state index contributed by atoms with van der Waals surface area (Å²) in [5.74, 6) is -4.57. The Hall–Kier alpha value is -3.75. The number of hydrogen-bond acceptors (Lipinski definition) is 6. The average Bonchev–Trinajstić information content (AvgIpc) is 3.28. The molecule has 3 rings (SSSR count). The van der Waals surface area contributed by atoms with Gasteiger partial charge in [0.15, 0.2) is 5.78 Å². The molecule has 1 aliphatic carbocycles. The van der Waals surface area contributed by atoms with E-state index in [0.29, 0.717) is 12.8 Å². The van der Waals surface area contributed by atoms with Crippen molar-refractivity contribution in [1.29, 1.82) is 0 Å². The van der Waals surface area contributed by atoms with E-state index < -0.39 is 60.4 Å². The van der Waals surface area contributed by atoms with Crippen molar-refractivity contribution in [2.75, 3.05) is 6.61 Å². The lowest BCUT2D eigenvalue weighted by molar-refractivity contribution is -0.148. The maximum Gasteiger partial charge on any atom is 0.326 e. The summed E-state index contributed by atoms with van der Waals surface area (Å²) < 4.78 is 5.04. The van der Waals surface area contributed by atoms with Crippen LogP contribution in [-0.4, -0.2) is 47.3 Å². The zero-order valence-corrected chi connectivity index (χ0v) is 18.0. The van der Waals surface area contributed by atoms with Gasteiger partial charge in [0.25, 0.3) is 0 Å². The minimum Gasteiger partial charge on any atom is -0.480 e. The number of carbonyl (C=O) groups is 5. The molecule has 1 unspecified atom stereocenters. The first-order valence-electron chi connectivity index (χ1n) is 10.7. The van der Waals surface area contributed by atoms with Gasteiger partial charge in [-0.2, -0.15) is 0 Å². The number of carbonyl (C=O) groups excluding carboxylic acids is 4. The number of benzene rings is 2. The number of rotatable bonds is 10. The van der Waals surface area contributed by atoms with E-state index >= 15 is 0 Å². The summed E-state index contributed by atoms with van der Waals surface area (Å²) in [5.41, 5.74) is 6.01. The topological polar surface area (TPSA) is 153 Å². The zero-order chi connectivity index (χ0) is 24.0. The van der Waals surface area contributed by atoms with E-state index in [0.717, 1.165) is 16.3 Å². The van der Waals surface area contributed by atoms with E-state index in [4.69, 9.17) is 10.5 Å². The lowest BCUT2D eigenvalue weighted by Gasteiger charge is -2.17. The predicted molar refractivity (Wildman–Crippen MR) is 118 cm³/mol. The fraction of sp³-hybridized carbons (Fsp3) is 0.375. The number of carboxylic acids is 1. The normalized spacial score (nSPS) is 18.4. The van der Waals surface area contributed by atoms with Gasteiger partial charge in [-0.25, -0.2) is 4.79 Å². The highest BCUT2D eigenvalue weighted by Gasteiger charge is 2.35. The number of hydrogen-bond donors (Lipinski definition) is 3. The summed E-state index contributed by atoms with van der Waals surface area (Å²) in [7, 11) is 0. The molecule has 2 amide bonds. The smallest absolute Gasteiger partial charge is 0.326 e. The number of carboxylic acid groups (broad SMARTS) is 1. The van der Waals surface area contributed by atoms with E-state index in [9.17, 15) is 29.1 Å². The second kappa shape index (κ2) is 10.7. The zero-order valence-electron chi connectivity index (χ0n) is 18.0. The monoisotopic (exact) mass is 454 g/mol. The number of primary amides is 1. The third-order valence-electron chi connectivity index (χ3n) is 5.86. The van der Waals surface area contributed by atoms with Gasteiger partial charge in [0.1, 0.15) is 12.6 Å². The van der Waals surface area contributed by atoms with Crippen molar-refractivity contribution < 1.29 is 33.8 Å². The van der Waals surface area contributed by atoms with Gasteiger partial charge in [0.2, 0.25) is 11.8 Å². The molecule has 0 heterocycles. The van der Waals surface area contributed by atoms with Crippen LogP contribution in [-0.2, 0) is 35.1 Å². The minimum atomic E-state index is -1.45. The highest BCUT2D eigenvalue weighted by atomic mass is 16.5. The van der Waals surface area contributed by atoms with Crippen molar-refractivity contribution >= 4 is 40.3 Å². The molecule has 0 radical (unpaired) electrons.